The molecule has 0 saturated carbocycles. The topological polar surface area (TPSA) is 73.4 Å². The predicted octanol–water partition coefficient (Wildman–Crippen LogP) is 5.68. The van der Waals surface area contributed by atoms with Crippen LogP contribution in [-0.4, -0.2) is 26.7 Å². The number of fused-ring (bicyclic) bond motifs is 1. The minimum absolute atomic E-state index is 0.0354. The van der Waals surface area contributed by atoms with Crippen molar-refractivity contribution in [3.8, 4) is 0 Å². The second-order valence-corrected chi connectivity index (χ2v) is 8.73. The number of carbonyl (C=O) groups excluding carboxylic acids is 2. The van der Waals surface area contributed by atoms with E-state index in [1.165, 1.54) is 35.2 Å². The van der Waals surface area contributed by atoms with Crippen LogP contribution in [0.15, 0.2) is 72.3 Å². The van der Waals surface area contributed by atoms with Crippen molar-refractivity contribution in [1.29, 1.82) is 0 Å². The second kappa shape index (κ2) is 8.51. The molecule has 1 aliphatic rings. The number of aliphatic hydroxyl groups is 1. The van der Waals surface area contributed by atoms with Gasteiger partial charge < -0.3 is 15.0 Å². The molecular weight excluding hydrogens is 450 g/mol. The fourth-order valence-corrected chi connectivity index (χ4v) is 4.73. The number of hydrogen-bond acceptors (Lipinski definition) is 3. The molecule has 5 rings (SSSR count). The van der Waals surface area contributed by atoms with Gasteiger partial charge in [0.05, 0.1) is 11.6 Å². The Morgan fingerprint density at radius 2 is 1.71 bits per heavy atom. The maximum absolute atomic E-state index is 13.9. The smallest absolute Gasteiger partial charge is 0.295 e. The number of para-hydroxylation sites is 1. The van der Waals surface area contributed by atoms with Crippen molar-refractivity contribution in [1.82, 2.24) is 9.88 Å². The van der Waals surface area contributed by atoms with E-state index in [9.17, 15) is 23.5 Å². The normalized spacial score (nSPS) is 17.5. The van der Waals surface area contributed by atoms with E-state index in [0.29, 0.717) is 16.7 Å². The molecule has 1 amide bonds. The van der Waals surface area contributed by atoms with E-state index in [1.54, 1.807) is 19.1 Å². The van der Waals surface area contributed by atoms with E-state index >= 15 is 0 Å². The average Bonchev–Trinajstić information content (AvgIpc) is 3.29. The van der Waals surface area contributed by atoms with Gasteiger partial charge in [0.25, 0.3) is 11.7 Å². The lowest BCUT2D eigenvalue weighted by atomic mass is 9.93. The molecular formula is C28H22F2N2O3. The van der Waals surface area contributed by atoms with Gasteiger partial charge in [-0.1, -0.05) is 30.3 Å². The standard InChI is InChI=1S/C28H22F2N2O3/c1-15-13-18(9-12-21(15)30)26(33)24-25(23-16(2)31-22-6-4-3-5-20(22)23)32(28(35)27(24)34)14-17-7-10-19(29)11-8-17/h3-13,25,31,33H,14H2,1-2H3/b26-24+. The zero-order valence-corrected chi connectivity index (χ0v) is 19.1. The number of nitrogens with zero attached hydrogens (tertiary/aromatic N) is 1. The van der Waals surface area contributed by atoms with Crippen molar-refractivity contribution in [2.45, 2.75) is 26.4 Å². The van der Waals surface area contributed by atoms with Crippen LogP contribution in [0.2, 0.25) is 0 Å². The molecule has 1 aliphatic heterocycles. The van der Waals surface area contributed by atoms with E-state index < -0.39 is 29.4 Å². The van der Waals surface area contributed by atoms with Gasteiger partial charge in [0.1, 0.15) is 17.4 Å². The lowest BCUT2D eigenvalue weighted by Crippen LogP contribution is -2.29. The number of aromatic amines is 1. The van der Waals surface area contributed by atoms with E-state index in [1.807, 2.05) is 31.2 Å². The van der Waals surface area contributed by atoms with E-state index in [-0.39, 0.29) is 23.4 Å². The predicted molar refractivity (Wildman–Crippen MR) is 128 cm³/mol. The molecule has 35 heavy (non-hydrogen) atoms. The van der Waals surface area contributed by atoms with Gasteiger partial charge in [0.2, 0.25) is 0 Å². The highest BCUT2D eigenvalue weighted by Crippen LogP contribution is 2.44. The molecule has 0 bridgehead atoms. The molecule has 0 spiro atoms. The lowest BCUT2D eigenvalue weighted by molar-refractivity contribution is -0.140. The molecule has 1 unspecified atom stereocenters. The number of hydrogen-bond donors (Lipinski definition) is 2. The first-order chi connectivity index (χ1) is 16.8. The molecule has 1 atom stereocenters. The van der Waals surface area contributed by atoms with Crippen molar-refractivity contribution in [2.75, 3.05) is 0 Å². The summed E-state index contributed by atoms with van der Waals surface area (Å²) in [6.07, 6.45) is 0. The number of Topliss-reactive ketones (excluding diaryl/α,β-unsaturated/α-hetero) is 1. The Kier molecular flexibility index (Phi) is 5.47. The van der Waals surface area contributed by atoms with Crippen LogP contribution in [0.5, 0.6) is 0 Å². The highest BCUT2D eigenvalue weighted by molar-refractivity contribution is 6.46. The van der Waals surface area contributed by atoms with Crippen LogP contribution >= 0.6 is 0 Å². The van der Waals surface area contributed by atoms with E-state index in [0.717, 1.165) is 16.6 Å². The molecule has 0 radical (unpaired) electrons. The molecule has 1 saturated heterocycles. The molecule has 176 valence electrons. The van der Waals surface area contributed by atoms with Gasteiger partial charge >= 0.3 is 0 Å². The maximum atomic E-state index is 13.9. The number of nitrogens with one attached hydrogen (secondary N) is 1. The number of aromatic nitrogens is 1. The highest BCUT2D eigenvalue weighted by Gasteiger charge is 2.47. The van der Waals surface area contributed by atoms with Crippen LogP contribution < -0.4 is 0 Å². The first-order valence-electron chi connectivity index (χ1n) is 11.1. The van der Waals surface area contributed by atoms with Crippen LogP contribution in [0.3, 0.4) is 0 Å². The van der Waals surface area contributed by atoms with Crippen molar-refractivity contribution in [3.63, 3.8) is 0 Å². The van der Waals surface area contributed by atoms with Crippen LogP contribution in [0.4, 0.5) is 8.78 Å². The van der Waals surface area contributed by atoms with Crippen LogP contribution in [-0.2, 0) is 16.1 Å². The number of H-pyrrole nitrogens is 1. The van der Waals surface area contributed by atoms with Gasteiger partial charge in [-0.2, -0.15) is 0 Å². The van der Waals surface area contributed by atoms with Crippen LogP contribution in [0.1, 0.15) is 34.0 Å². The molecule has 1 aromatic heterocycles. The fourth-order valence-electron chi connectivity index (χ4n) is 4.73. The Balaban J connectivity index is 1.74. The zero-order chi connectivity index (χ0) is 24.9. The van der Waals surface area contributed by atoms with E-state index in [4.69, 9.17) is 0 Å². The third kappa shape index (κ3) is 3.79. The maximum Gasteiger partial charge on any atom is 0.295 e. The monoisotopic (exact) mass is 472 g/mol. The summed E-state index contributed by atoms with van der Waals surface area (Å²) in [6, 6.07) is 16.3. The number of amides is 1. The average molecular weight is 472 g/mol. The largest absolute Gasteiger partial charge is 0.507 e. The van der Waals surface area contributed by atoms with Crippen molar-refractivity contribution in [3.05, 3.63) is 112 Å². The summed E-state index contributed by atoms with van der Waals surface area (Å²) in [5, 5.41) is 12.1. The Labute approximate surface area is 200 Å². The Morgan fingerprint density at radius 1 is 1.00 bits per heavy atom. The summed E-state index contributed by atoms with van der Waals surface area (Å²) in [5.41, 5.74) is 3.35. The number of ketones is 1. The number of benzene rings is 3. The molecule has 2 heterocycles. The van der Waals surface area contributed by atoms with Gasteiger partial charge in [0.15, 0.2) is 0 Å². The Bertz CT molecular complexity index is 1520. The summed E-state index contributed by atoms with van der Waals surface area (Å²) >= 11 is 0. The van der Waals surface area contributed by atoms with Gasteiger partial charge in [0, 0.05) is 34.3 Å². The number of aliphatic hydroxyl groups excluding tert-OH is 1. The number of likely N-dealkylation sites (tertiary alicyclic amines) is 1. The Hall–Kier alpha value is -4.26. The molecule has 4 aromatic rings. The lowest BCUT2D eigenvalue weighted by Gasteiger charge is -2.26. The van der Waals surface area contributed by atoms with Gasteiger partial charge in [-0.25, -0.2) is 8.78 Å². The SMILES string of the molecule is Cc1cc(/C(O)=C2\C(=O)C(=O)N(Cc3ccc(F)cc3)C2c2c(C)[nH]c3ccccc23)ccc1F. The van der Waals surface area contributed by atoms with Crippen molar-refractivity contribution < 1.29 is 23.5 Å². The Morgan fingerprint density at radius 3 is 2.43 bits per heavy atom. The summed E-state index contributed by atoms with van der Waals surface area (Å²) in [6.45, 7) is 3.43. The fraction of sp³-hybridized carbons (Fsp3) is 0.143. The summed E-state index contributed by atoms with van der Waals surface area (Å²) < 4.78 is 27.4. The number of halogens is 2. The molecule has 5 nitrogen and oxygen atoms in total. The van der Waals surface area contributed by atoms with Crippen LogP contribution in [0, 0.1) is 25.5 Å². The molecule has 2 N–H and O–H groups in total. The summed E-state index contributed by atoms with van der Waals surface area (Å²) in [5.74, 6) is -2.83. The quantitative estimate of drug-likeness (QED) is 0.228. The van der Waals surface area contributed by atoms with Gasteiger partial charge in [-0.3, -0.25) is 9.59 Å². The number of rotatable bonds is 4. The number of aryl methyl sites for hydroxylation is 2. The number of carbonyl (C=O) groups is 2. The zero-order valence-electron chi connectivity index (χ0n) is 19.1. The third-order valence-electron chi connectivity index (χ3n) is 6.45. The molecule has 0 aliphatic carbocycles. The van der Waals surface area contributed by atoms with E-state index in [2.05, 4.69) is 4.98 Å². The first kappa shape index (κ1) is 22.5. The first-order valence-corrected chi connectivity index (χ1v) is 11.1. The summed E-state index contributed by atoms with van der Waals surface area (Å²) in [4.78, 5) is 31.3. The minimum Gasteiger partial charge on any atom is -0.507 e. The third-order valence-corrected chi connectivity index (χ3v) is 6.45. The minimum atomic E-state index is -0.901. The molecule has 3 aromatic carbocycles. The van der Waals surface area contributed by atoms with Crippen LogP contribution in [0.25, 0.3) is 16.7 Å². The van der Waals surface area contributed by atoms with Gasteiger partial charge in [-0.15, -0.1) is 0 Å². The highest BCUT2D eigenvalue weighted by atomic mass is 19.1. The second-order valence-electron chi connectivity index (χ2n) is 8.73. The summed E-state index contributed by atoms with van der Waals surface area (Å²) in [7, 11) is 0. The van der Waals surface area contributed by atoms with Gasteiger partial charge in [-0.05, 0) is 61.4 Å². The van der Waals surface area contributed by atoms with Crippen molar-refractivity contribution >= 4 is 28.4 Å². The molecule has 1 fully saturated rings. The van der Waals surface area contributed by atoms with Crippen molar-refractivity contribution in [2.24, 2.45) is 0 Å². The molecule has 7 heteroatoms.